The highest BCUT2D eigenvalue weighted by Gasteiger charge is 2.29. The number of halogens is 3. The maximum absolute atomic E-state index is 12.1. The van der Waals surface area contributed by atoms with Crippen LogP contribution in [-0.4, -0.2) is 28.5 Å². The fourth-order valence-electron chi connectivity index (χ4n) is 1.39. The third kappa shape index (κ3) is 5.12. The molecule has 0 unspecified atom stereocenters. The van der Waals surface area contributed by atoms with Gasteiger partial charge in [0, 0.05) is 10.5 Å². The summed E-state index contributed by atoms with van der Waals surface area (Å²) in [6.07, 6.45) is 0.211. The monoisotopic (exact) mass is 307 g/mol. The summed E-state index contributed by atoms with van der Waals surface area (Å²) in [6.45, 7) is 1.60. The van der Waals surface area contributed by atoms with Gasteiger partial charge in [0.1, 0.15) is 6.04 Å². The van der Waals surface area contributed by atoms with Crippen molar-refractivity contribution in [3.63, 3.8) is 0 Å². The average molecular weight is 307 g/mol. The molecular weight excluding hydrogens is 295 g/mol. The van der Waals surface area contributed by atoms with Crippen LogP contribution in [0.2, 0.25) is 0 Å². The molecule has 20 heavy (non-hydrogen) atoms. The second-order valence-electron chi connectivity index (χ2n) is 3.84. The minimum Gasteiger partial charge on any atom is -0.480 e. The lowest BCUT2D eigenvalue weighted by Crippen LogP contribution is -2.40. The lowest BCUT2D eigenvalue weighted by atomic mass is 10.1. The van der Waals surface area contributed by atoms with E-state index in [-0.39, 0.29) is 28.6 Å². The van der Waals surface area contributed by atoms with Gasteiger partial charge in [-0.1, -0.05) is 6.92 Å². The van der Waals surface area contributed by atoms with Gasteiger partial charge in [-0.25, -0.2) is 4.79 Å². The normalized spacial score (nSPS) is 12.8. The maximum atomic E-state index is 12.1. The Hall–Kier alpha value is -1.70. The molecule has 1 aromatic carbocycles. The highest BCUT2D eigenvalue weighted by atomic mass is 32.2. The number of carbonyl (C=O) groups excluding carboxylic acids is 1. The first-order valence-electron chi connectivity index (χ1n) is 5.62. The highest BCUT2D eigenvalue weighted by Crippen LogP contribution is 2.36. The van der Waals surface area contributed by atoms with Crippen molar-refractivity contribution in [3.05, 3.63) is 29.8 Å². The number of hydrogen-bond donors (Lipinski definition) is 2. The number of carboxylic acid groups (broad SMARTS) is 1. The molecule has 0 radical (unpaired) electrons. The predicted octanol–water partition coefficient (Wildman–Crippen LogP) is 2.89. The Morgan fingerprint density at radius 1 is 1.30 bits per heavy atom. The van der Waals surface area contributed by atoms with Crippen LogP contribution in [0, 0.1) is 0 Å². The Morgan fingerprint density at radius 3 is 2.25 bits per heavy atom. The second kappa shape index (κ2) is 6.65. The molecule has 0 spiro atoms. The molecule has 0 saturated heterocycles. The van der Waals surface area contributed by atoms with E-state index in [0.717, 1.165) is 12.1 Å². The van der Waals surface area contributed by atoms with Crippen molar-refractivity contribution in [2.45, 2.75) is 29.8 Å². The largest absolute Gasteiger partial charge is 0.480 e. The van der Waals surface area contributed by atoms with Gasteiger partial charge in [-0.3, -0.25) is 4.79 Å². The molecule has 0 aliphatic rings. The molecule has 0 bridgehead atoms. The number of hydrogen-bond acceptors (Lipinski definition) is 3. The average Bonchev–Trinajstić information content (AvgIpc) is 2.34. The van der Waals surface area contributed by atoms with Gasteiger partial charge in [-0.15, -0.1) is 0 Å². The van der Waals surface area contributed by atoms with Gasteiger partial charge in [-0.2, -0.15) is 13.2 Å². The molecule has 0 heterocycles. The molecular formula is C12H12F3NO3S. The van der Waals surface area contributed by atoms with E-state index in [4.69, 9.17) is 5.11 Å². The molecule has 1 rings (SSSR count). The summed E-state index contributed by atoms with van der Waals surface area (Å²) in [4.78, 5) is 22.4. The molecule has 110 valence electrons. The van der Waals surface area contributed by atoms with E-state index in [1.165, 1.54) is 12.1 Å². The minimum atomic E-state index is -4.39. The first-order chi connectivity index (χ1) is 9.23. The Balaban J connectivity index is 2.73. The number of aliphatic carboxylic acids is 1. The summed E-state index contributed by atoms with van der Waals surface area (Å²) in [6, 6.07) is 3.74. The van der Waals surface area contributed by atoms with Crippen molar-refractivity contribution in [1.82, 2.24) is 5.32 Å². The summed E-state index contributed by atoms with van der Waals surface area (Å²) < 4.78 is 36.4. The van der Waals surface area contributed by atoms with Crippen LogP contribution in [0.5, 0.6) is 0 Å². The van der Waals surface area contributed by atoms with Crippen LogP contribution in [-0.2, 0) is 4.79 Å². The number of alkyl halides is 3. The van der Waals surface area contributed by atoms with Crippen LogP contribution in [0.3, 0.4) is 0 Å². The van der Waals surface area contributed by atoms with Crippen LogP contribution in [0.1, 0.15) is 23.7 Å². The first kappa shape index (κ1) is 16.4. The Bertz CT molecular complexity index is 488. The molecule has 1 aromatic rings. The smallest absolute Gasteiger partial charge is 0.446 e. The zero-order chi connectivity index (χ0) is 15.3. The fraction of sp³-hybridized carbons (Fsp3) is 0.333. The van der Waals surface area contributed by atoms with Gasteiger partial charge in [0.15, 0.2) is 0 Å². The number of rotatable bonds is 5. The van der Waals surface area contributed by atoms with Crippen LogP contribution >= 0.6 is 11.8 Å². The van der Waals surface area contributed by atoms with Gasteiger partial charge >= 0.3 is 11.5 Å². The predicted molar refractivity (Wildman–Crippen MR) is 67.5 cm³/mol. The number of thioether (sulfide) groups is 1. The number of carbonyl (C=O) groups is 2. The van der Waals surface area contributed by atoms with E-state index >= 15 is 0 Å². The van der Waals surface area contributed by atoms with Crippen molar-refractivity contribution in [2.24, 2.45) is 0 Å². The molecule has 1 amide bonds. The van der Waals surface area contributed by atoms with E-state index in [9.17, 15) is 22.8 Å². The summed E-state index contributed by atoms with van der Waals surface area (Å²) >= 11 is -0.281. The standard InChI is InChI=1S/C12H12F3NO3S/c1-2-9(11(18)19)16-10(17)7-3-5-8(6-4-7)20-12(13,14)15/h3-6,9H,2H2,1H3,(H,16,17)(H,18,19)/t9-/m1/s1. The number of carboxylic acids is 1. The summed E-state index contributed by atoms with van der Waals surface area (Å²) in [5.41, 5.74) is -4.28. The number of amides is 1. The number of nitrogens with one attached hydrogen (secondary N) is 1. The lowest BCUT2D eigenvalue weighted by molar-refractivity contribution is -0.139. The maximum Gasteiger partial charge on any atom is 0.446 e. The van der Waals surface area contributed by atoms with Crippen molar-refractivity contribution in [3.8, 4) is 0 Å². The third-order valence-electron chi connectivity index (χ3n) is 2.36. The molecule has 0 aliphatic heterocycles. The van der Waals surface area contributed by atoms with E-state index in [1.54, 1.807) is 6.92 Å². The summed E-state index contributed by atoms with van der Waals surface area (Å²) in [5, 5.41) is 11.1. The molecule has 0 aliphatic carbocycles. The zero-order valence-corrected chi connectivity index (χ0v) is 11.2. The van der Waals surface area contributed by atoms with Crippen LogP contribution in [0.15, 0.2) is 29.2 Å². The van der Waals surface area contributed by atoms with Crippen molar-refractivity contribution in [1.29, 1.82) is 0 Å². The zero-order valence-electron chi connectivity index (χ0n) is 10.4. The molecule has 4 nitrogen and oxygen atoms in total. The quantitative estimate of drug-likeness (QED) is 0.821. The fourth-order valence-corrected chi connectivity index (χ4v) is 1.93. The lowest BCUT2D eigenvalue weighted by Gasteiger charge is -2.12. The third-order valence-corrected chi connectivity index (χ3v) is 3.10. The number of benzene rings is 1. The Morgan fingerprint density at radius 2 is 1.85 bits per heavy atom. The van der Waals surface area contributed by atoms with Crippen molar-refractivity contribution >= 4 is 23.6 Å². The van der Waals surface area contributed by atoms with Gasteiger partial charge in [-0.05, 0) is 42.4 Å². The minimum absolute atomic E-state index is 0.0423. The van der Waals surface area contributed by atoms with Crippen LogP contribution in [0.4, 0.5) is 13.2 Å². The van der Waals surface area contributed by atoms with Crippen LogP contribution in [0.25, 0.3) is 0 Å². The first-order valence-corrected chi connectivity index (χ1v) is 6.44. The summed E-state index contributed by atoms with van der Waals surface area (Å²) in [5.74, 6) is -1.80. The molecule has 8 heteroatoms. The molecule has 0 saturated carbocycles. The molecule has 1 atom stereocenters. The van der Waals surface area contributed by atoms with E-state index in [1.807, 2.05) is 0 Å². The Kier molecular flexibility index (Phi) is 5.43. The van der Waals surface area contributed by atoms with Crippen LogP contribution < -0.4 is 5.32 Å². The van der Waals surface area contributed by atoms with Crippen molar-refractivity contribution < 1.29 is 27.9 Å². The van der Waals surface area contributed by atoms with Gasteiger partial charge < -0.3 is 10.4 Å². The van der Waals surface area contributed by atoms with Crippen molar-refractivity contribution in [2.75, 3.05) is 0 Å². The topological polar surface area (TPSA) is 66.4 Å². The van der Waals surface area contributed by atoms with E-state index in [2.05, 4.69) is 5.32 Å². The van der Waals surface area contributed by atoms with Gasteiger partial charge in [0.2, 0.25) is 0 Å². The summed E-state index contributed by atoms with van der Waals surface area (Å²) in [7, 11) is 0. The SMILES string of the molecule is CC[C@@H](NC(=O)c1ccc(SC(F)(F)F)cc1)C(=O)O. The van der Waals surface area contributed by atoms with Gasteiger partial charge in [0.05, 0.1) is 0 Å². The van der Waals surface area contributed by atoms with E-state index < -0.39 is 23.4 Å². The van der Waals surface area contributed by atoms with Gasteiger partial charge in [0.25, 0.3) is 5.91 Å². The molecule has 0 aromatic heterocycles. The molecule has 2 N–H and O–H groups in total. The molecule has 0 fully saturated rings. The van der Waals surface area contributed by atoms with E-state index in [0.29, 0.717) is 0 Å². The Labute approximate surface area is 117 Å². The second-order valence-corrected chi connectivity index (χ2v) is 4.98. The highest BCUT2D eigenvalue weighted by molar-refractivity contribution is 8.00.